The molecule has 2 aromatic rings. The number of aryl methyl sites for hydroxylation is 1. The zero-order valence-electron chi connectivity index (χ0n) is 16.1. The summed E-state index contributed by atoms with van der Waals surface area (Å²) in [5.74, 6) is 0.412. The molecule has 0 amide bonds. The maximum absolute atomic E-state index is 13.4. The lowest BCUT2D eigenvalue weighted by molar-refractivity contribution is -0.104. The van der Waals surface area contributed by atoms with Gasteiger partial charge in [-0.15, -0.1) is 0 Å². The molecule has 0 bridgehead atoms. The van der Waals surface area contributed by atoms with Crippen LogP contribution in [0.4, 0.5) is 4.39 Å². The number of nitrogens with zero attached hydrogens (tertiary/aromatic N) is 3. The van der Waals surface area contributed by atoms with Crippen molar-refractivity contribution in [3.8, 4) is 0 Å². The number of hydrogen-bond donors (Lipinski definition) is 0. The monoisotopic (exact) mass is 381 g/mol. The minimum atomic E-state index is -0.744. The van der Waals surface area contributed by atoms with Crippen molar-refractivity contribution in [3.63, 3.8) is 0 Å². The van der Waals surface area contributed by atoms with Gasteiger partial charge < -0.3 is 9.64 Å². The van der Waals surface area contributed by atoms with E-state index in [9.17, 15) is 9.18 Å². The van der Waals surface area contributed by atoms with E-state index in [-0.39, 0.29) is 5.82 Å². The maximum Gasteiger partial charge on any atom is 0.147 e. The number of hydrogen-bond acceptors (Lipinski definition) is 5. The van der Waals surface area contributed by atoms with Crippen LogP contribution in [0.3, 0.4) is 0 Å². The lowest BCUT2D eigenvalue weighted by atomic mass is 9.83. The number of rotatable bonds is 7. The number of allylic oxidation sites excluding steroid dienone is 1. The first-order valence-corrected chi connectivity index (χ1v) is 9.25. The second-order valence-electron chi connectivity index (χ2n) is 6.95. The van der Waals surface area contributed by atoms with Crippen molar-refractivity contribution in [1.82, 2.24) is 14.9 Å². The molecule has 1 aromatic carbocycles. The summed E-state index contributed by atoms with van der Waals surface area (Å²) in [5.41, 5.74) is 1.85. The Morgan fingerprint density at radius 3 is 2.61 bits per heavy atom. The Kier molecular flexibility index (Phi) is 6.31. The molecule has 1 atom stereocenters. The molecule has 2 heterocycles. The van der Waals surface area contributed by atoms with E-state index in [1.807, 2.05) is 31.1 Å². The van der Waals surface area contributed by atoms with Crippen molar-refractivity contribution >= 4 is 6.29 Å². The van der Waals surface area contributed by atoms with Crippen molar-refractivity contribution in [2.24, 2.45) is 0 Å². The third kappa shape index (κ3) is 4.51. The van der Waals surface area contributed by atoms with E-state index >= 15 is 0 Å². The molecule has 146 valence electrons. The van der Waals surface area contributed by atoms with Crippen LogP contribution in [0.15, 0.2) is 60.6 Å². The highest BCUT2D eigenvalue weighted by Crippen LogP contribution is 2.43. The van der Waals surface area contributed by atoms with Crippen molar-refractivity contribution in [2.45, 2.75) is 31.9 Å². The van der Waals surface area contributed by atoms with E-state index < -0.39 is 5.60 Å². The van der Waals surface area contributed by atoms with Gasteiger partial charge in [-0.05, 0) is 67.0 Å². The molecule has 1 aromatic heterocycles. The third-order valence-corrected chi connectivity index (χ3v) is 4.78. The topological polar surface area (TPSA) is 55.3 Å². The average Bonchev–Trinajstić information content (AvgIpc) is 3.18. The predicted octanol–water partition coefficient (Wildman–Crippen LogP) is 3.70. The quantitative estimate of drug-likeness (QED) is 0.416. The second-order valence-corrected chi connectivity index (χ2v) is 6.95. The zero-order chi connectivity index (χ0) is 20.0. The molecule has 0 spiro atoms. The summed E-state index contributed by atoms with van der Waals surface area (Å²) >= 11 is 0. The Labute approximate surface area is 164 Å². The molecule has 3 rings (SSSR count). The first-order chi connectivity index (χ1) is 13.5. The minimum absolute atomic E-state index is 0.300. The van der Waals surface area contributed by atoms with E-state index in [1.54, 1.807) is 24.5 Å². The van der Waals surface area contributed by atoms with E-state index in [0.29, 0.717) is 19.0 Å². The van der Waals surface area contributed by atoms with Crippen LogP contribution in [0.25, 0.3) is 0 Å². The molecule has 1 aliphatic heterocycles. The van der Waals surface area contributed by atoms with Crippen LogP contribution in [0.5, 0.6) is 0 Å². The Balaban J connectivity index is 1.83. The van der Waals surface area contributed by atoms with Gasteiger partial charge in [-0.1, -0.05) is 12.1 Å². The number of carbonyl (C=O) groups is 1. The molecular weight excluding hydrogens is 357 g/mol. The van der Waals surface area contributed by atoms with Crippen LogP contribution in [0, 0.1) is 12.7 Å². The van der Waals surface area contributed by atoms with Gasteiger partial charge >= 0.3 is 0 Å². The highest BCUT2D eigenvalue weighted by molar-refractivity contribution is 5.68. The van der Waals surface area contributed by atoms with Gasteiger partial charge in [0.2, 0.25) is 0 Å². The summed E-state index contributed by atoms with van der Waals surface area (Å²) in [5, 5.41) is 0. The van der Waals surface area contributed by atoms with Gasteiger partial charge in [0.25, 0.3) is 0 Å². The maximum atomic E-state index is 13.4. The van der Waals surface area contributed by atoms with E-state index in [1.165, 1.54) is 18.2 Å². The molecule has 1 saturated heterocycles. The summed E-state index contributed by atoms with van der Waals surface area (Å²) in [7, 11) is 1.91. The number of aldehydes is 1. The minimum Gasteiger partial charge on any atom is -0.373 e. The van der Waals surface area contributed by atoms with Crippen LogP contribution in [0.1, 0.15) is 29.8 Å². The van der Waals surface area contributed by atoms with E-state index in [4.69, 9.17) is 4.74 Å². The van der Waals surface area contributed by atoms with Crippen LogP contribution in [0.2, 0.25) is 0 Å². The molecule has 1 aliphatic rings. The lowest BCUT2D eigenvalue weighted by Gasteiger charge is -2.30. The average molecular weight is 381 g/mol. The molecule has 0 N–H and O–H groups in total. The lowest BCUT2D eigenvalue weighted by Crippen LogP contribution is -2.27. The fraction of sp³-hybridized carbons (Fsp3) is 0.318. The van der Waals surface area contributed by atoms with Gasteiger partial charge in [0, 0.05) is 26.0 Å². The molecule has 1 fully saturated rings. The van der Waals surface area contributed by atoms with Gasteiger partial charge in [0.1, 0.15) is 23.5 Å². The summed E-state index contributed by atoms with van der Waals surface area (Å²) in [4.78, 5) is 21.9. The highest BCUT2D eigenvalue weighted by atomic mass is 19.1. The highest BCUT2D eigenvalue weighted by Gasteiger charge is 2.39. The van der Waals surface area contributed by atoms with E-state index in [0.717, 1.165) is 35.8 Å². The molecule has 5 nitrogen and oxygen atoms in total. The first kappa shape index (κ1) is 19.9. The molecule has 0 saturated carbocycles. The van der Waals surface area contributed by atoms with Gasteiger partial charge in [-0.25, -0.2) is 14.4 Å². The molecule has 28 heavy (non-hydrogen) atoms. The van der Waals surface area contributed by atoms with Crippen LogP contribution in [-0.2, 0) is 21.7 Å². The van der Waals surface area contributed by atoms with Gasteiger partial charge in [0.05, 0.1) is 6.54 Å². The molecule has 1 unspecified atom stereocenters. The van der Waals surface area contributed by atoms with E-state index in [2.05, 4.69) is 9.97 Å². The predicted molar refractivity (Wildman–Crippen MR) is 105 cm³/mol. The number of benzene rings is 1. The summed E-state index contributed by atoms with van der Waals surface area (Å²) in [6.45, 7) is 3.07. The normalized spacial score (nSPS) is 19.9. The zero-order valence-corrected chi connectivity index (χ0v) is 16.1. The van der Waals surface area contributed by atoms with Crippen molar-refractivity contribution in [2.75, 3.05) is 13.7 Å². The Morgan fingerprint density at radius 1 is 1.29 bits per heavy atom. The smallest absolute Gasteiger partial charge is 0.147 e. The van der Waals surface area contributed by atoms with Gasteiger partial charge in [0.15, 0.2) is 0 Å². The Hall–Kier alpha value is -2.86. The standard InChI is InChI=1S/C22H24FN3O2/c1-17-14-24-21(25-15-17)16-26(2)11-8-19(9-12-27)22(10-3-13-28-22)18-4-6-20(23)7-5-18/h4-9,11-12,14-15H,3,10,13,16H2,1-2H3/b11-8-,19-9+. The van der Waals surface area contributed by atoms with Crippen molar-refractivity contribution in [3.05, 3.63) is 83.4 Å². The van der Waals surface area contributed by atoms with Gasteiger partial charge in [-0.2, -0.15) is 0 Å². The second kappa shape index (κ2) is 8.89. The van der Waals surface area contributed by atoms with Crippen LogP contribution >= 0.6 is 0 Å². The summed E-state index contributed by atoms with van der Waals surface area (Å²) in [6.07, 6.45) is 11.2. The molecule has 0 radical (unpaired) electrons. The summed E-state index contributed by atoms with van der Waals surface area (Å²) in [6, 6.07) is 6.28. The first-order valence-electron chi connectivity index (χ1n) is 9.25. The van der Waals surface area contributed by atoms with Gasteiger partial charge in [-0.3, -0.25) is 4.79 Å². The van der Waals surface area contributed by atoms with Crippen LogP contribution in [-0.4, -0.2) is 34.8 Å². The fourth-order valence-electron chi connectivity index (χ4n) is 3.36. The Bertz CT molecular complexity index is 854. The molecule has 0 aliphatic carbocycles. The van der Waals surface area contributed by atoms with Crippen molar-refractivity contribution < 1.29 is 13.9 Å². The molecule has 6 heteroatoms. The number of carbonyl (C=O) groups excluding carboxylic acids is 1. The Morgan fingerprint density at radius 2 is 2.00 bits per heavy atom. The largest absolute Gasteiger partial charge is 0.373 e. The fourth-order valence-corrected chi connectivity index (χ4v) is 3.36. The van der Waals surface area contributed by atoms with Crippen molar-refractivity contribution in [1.29, 1.82) is 0 Å². The summed E-state index contributed by atoms with van der Waals surface area (Å²) < 4.78 is 19.5. The third-order valence-electron chi connectivity index (χ3n) is 4.78. The number of aromatic nitrogens is 2. The SMILES string of the molecule is Cc1cnc(CN(C)/C=C\C(=C/C=O)C2(c3ccc(F)cc3)CCCO2)nc1. The van der Waals surface area contributed by atoms with Crippen LogP contribution < -0.4 is 0 Å². The number of ether oxygens (including phenoxy) is 1. The number of halogens is 1. The molecular formula is C22H24FN3O2.